The van der Waals surface area contributed by atoms with Crippen LogP contribution >= 0.6 is 0 Å². The van der Waals surface area contributed by atoms with Gasteiger partial charge in [-0.05, 0) is 44.0 Å². The number of nitrogens with one attached hydrogen (secondary N) is 1. The highest BCUT2D eigenvalue weighted by Crippen LogP contribution is 2.23. The van der Waals surface area contributed by atoms with Crippen LogP contribution in [0.15, 0.2) is 42.6 Å². The molecule has 0 bridgehead atoms. The number of hydrogen-bond acceptors (Lipinski definition) is 2. The maximum absolute atomic E-state index is 4.51. The summed E-state index contributed by atoms with van der Waals surface area (Å²) in [5.74, 6) is 0.711. The average Bonchev–Trinajstić information content (AvgIpc) is 2.45. The van der Waals surface area contributed by atoms with Crippen molar-refractivity contribution in [1.82, 2.24) is 10.3 Å². The molecule has 0 radical (unpaired) electrons. The standard InChI is InChI=1S/C18H24N2/c1-14(2)13-19-11-5-7-15(3)17-10-4-8-16-9-6-12-20-18(16)17/h4,6-10,12,14,19H,5,11,13H2,1-3H3/b15-7-. The Balaban J connectivity index is 2.05. The van der Waals surface area contributed by atoms with Crippen molar-refractivity contribution in [1.29, 1.82) is 0 Å². The Hall–Kier alpha value is -1.67. The third kappa shape index (κ3) is 3.91. The first-order chi connectivity index (χ1) is 9.68. The van der Waals surface area contributed by atoms with Crippen molar-refractivity contribution < 1.29 is 0 Å². The zero-order chi connectivity index (χ0) is 14.4. The molecule has 0 aliphatic heterocycles. The number of nitrogens with zero attached hydrogens (tertiary/aromatic N) is 1. The van der Waals surface area contributed by atoms with E-state index in [1.165, 1.54) is 16.5 Å². The molecule has 0 fully saturated rings. The molecule has 1 aromatic heterocycles. The molecule has 1 heterocycles. The largest absolute Gasteiger partial charge is 0.316 e. The van der Waals surface area contributed by atoms with Crippen molar-refractivity contribution >= 4 is 16.5 Å². The molecule has 2 nitrogen and oxygen atoms in total. The van der Waals surface area contributed by atoms with Crippen LogP contribution in [0.1, 0.15) is 32.8 Å². The summed E-state index contributed by atoms with van der Waals surface area (Å²) in [4.78, 5) is 4.51. The number of benzene rings is 1. The van der Waals surface area contributed by atoms with Crippen LogP contribution in [-0.4, -0.2) is 18.1 Å². The van der Waals surface area contributed by atoms with Gasteiger partial charge in [0.2, 0.25) is 0 Å². The van der Waals surface area contributed by atoms with Gasteiger partial charge in [-0.25, -0.2) is 0 Å². The minimum Gasteiger partial charge on any atom is -0.316 e. The van der Waals surface area contributed by atoms with Crippen LogP contribution < -0.4 is 5.32 Å². The topological polar surface area (TPSA) is 24.9 Å². The van der Waals surface area contributed by atoms with Gasteiger partial charge < -0.3 is 5.32 Å². The molecule has 1 aromatic carbocycles. The predicted octanol–water partition coefficient (Wildman–Crippen LogP) is 4.27. The third-order valence-corrected chi connectivity index (χ3v) is 3.38. The van der Waals surface area contributed by atoms with Crippen molar-refractivity contribution in [2.45, 2.75) is 27.2 Å². The summed E-state index contributed by atoms with van der Waals surface area (Å²) in [6.07, 6.45) is 5.22. The molecule has 1 N–H and O–H groups in total. The fourth-order valence-electron chi connectivity index (χ4n) is 2.31. The van der Waals surface area contributed by atoms with Gasteiger partial charge in [-0.15, -0.1) is 0 Å². The Morgan fingerprint density at radius 3 is 2.85 bits per heavy atom. The minimum absolute atomic E-state index is 0.711. The molecule has 2 rings (SSSR count). The SMILES string of the molecule is C/C(=C/CCNCC(C)C)c1cccc2cccnc12. The summed E-state index contributed by atoms with van der Waals surface area (Å²) in [5, 5.41) is 4.67. The lowest BCUT2D eigenvalue weighted by atomic mass is 10.0. The second-order valence-corrected chi connectivity index (χ2v) is 5.65. The van der Waals surface area contributed by atoms with Crippen LogP contribution in [0.5, 0.6) is 0 Å². The number of aromatic nitrogens is 1. The van der Waals surface area contributed by atoms with Crippen molar-refractivity contribution in [3.8, 4) is 0 Å². The second-order valence-electron chi connectivity index (χ2n) is 5.65. The third-order valence-electron chi connectivity index (χ3n) is 3.38. The van der Waals surface area contributed by atoms with Crippen LogP contribution in [0.4, 0.5) is 0 Å². The number of fused-ring (bicyclic) bond motifs is 1. The molecule has 106 valence electrons. The molecule has 0 aliphatic carbocycles. The lowest BCUT2D eigenvalue weighted by Crippen LogP contribution is -2.20. The molecule has 2 heteroatoms. The van der Waals surface area contributed by atoms with Gasteiger partial charge in [0, 0.05) is 17.1 Å². The summed E-state index contributed by atoms with van der Waals surface area (Å²) in [6.45, 7) is 8.76. The molecule has 2 aromatic rings. The Labute approximate surface area is 121 Å². The molecule has 0 unspecified atom stereocenters. The van der Waals surface area contributed by atoms with Crippen LogP contribution in [0.2, 0.25) is 0 Å². The van der Waals surface area contributed by atoms with Crippen LogP contribution in [0, 0.1) is 5.92 Å². The van der Waals surface area contributed by atoms with Gasteiger partial charge in [0.1, 0.15) is 0 Å². The van der Waals surface area contributed by atoms with Gasteiger partial charge in [0.15, 0.2) is 0 Å². The van der Waals surface area contributed by atoms with Crippen molar-refractivity contribution in [2.75, 3.05) is 13.1 Å². The van der Waals surface area contributed by atoms with Gasteiger partial charge in [-0.1, -0.05) is 44.2 Å². The maximum atomic E-state index is 4.51. The van der Waals surface area contributed by atoms with E-state index < -0.39 is 0 Å². The normalized spacial score (nSPS) is 12.3. The van der Waals surface area contributed by atoms with Gasteiger partial charge in [-0.2, -0.15) is 0 Å². The van der Waals surface area contributed by atoms with Gasteiger partial charge in [-0.3, -0.25) is 4.98 Å². The van der Waals surface area contributed by atoms with Gasteiger partial charge >= 0.3 is 0 Å². The van der Waals surface area contributed by atoms with E-state index in [0.29, 0.717) is 5.92 Å². The summed E-state index contributed by atoms with van der Waals surface area (Å²) in [6, 6.07) is 10.5. The quantitative estimate of drug-likeness (QED) is 0.791. The van der Waals surface area contributed by atoms with Crippen LogP contribution in [-0.2, 0) is 0 Å². The van der Waals surface area contributed by atoms with E-state index in [4.69, 9.17) is 0 Å². The lowest BCUT2D eigenvalue weighted by Gasteiger charge is -2.08. The monoisotopic (exact) mass is 268 g/mol. The molecule has 0 saturated carbocycles. The smallest absolute Gasteiger partial charge is 0.0776 e. The Bertz CT molecular complexity index is 579. The predicted molar refractivity (Wildman–Crippen MR) is 87.7 cm³/mol. The first kappa shape index (κ1) is 14.7. The summed E-state index contributed by atoms with van der Waals surface area (Å²) < 4.78 is 0. The van der Waals surface area contributed by atoms with E-state index >= 15 is 0 Å². The Morgan fingerprint density at radius 1 is 1.25 bits per heavy atom. The molecular weight excluding hydrogens is 244 g/mol. The summed E-state index contributed by atoms with van der Waals surface area (Å²) in [7, 11) is 0. The molecular formula is C18H24N2. The van der Waals surface area contributed by atoms with Gasteiger partial charge in [0.25, 0.3) is 0 Å². The van der Waals surface area contributed by atoms with Crippen LogP contribution in [0.25, 0.3) is 16.5 Å². The first-order valence-corrected chi connectivity index (χ1v) is 7.40. The number of allylic oxidation sites excluding steroid dienone is 1. The highest BCUT2D eigenvalue weighted by atomic mass is 14.8. The highest BCUT2D eigenvalue weighted by Gasteiger charge is 2.02. The number of para-hydroxylation sites is 1. The molecule has 0 spiro atoms. The fraction of sp³-hybridized carbons (Fsp3) is 0.389. The number of rotatable bonds is 6. The molecule has 20 heavy (non-hydrogen) atoms. The zero-order valence-electron chi connectivity index (χ0n) is 12.7. The van der Waals surface area contributed by atoms with Crippen LogP contribution in [0.3, 0.4) is 0 Å². The summed E-state index contributed by atoms with van der Waals surface area (Å²) >= 11 is 0. The highest BCUT2D eigenvalue weighted by molar-refractivity contribution is 5.90. The average molecular weight is 268 g/mol. The van der Waals surface area contributed by atoms with Gasteiger partial charge in [0.05, 0.1) is 5.52 Å². The van der Waals surface area contributed by atoms with E-state index in [9.17, 15) is 0 Å². The molecule has 0 saturated heterocycles. The van der Waals surface area contributed by atoms with E-state index in [2.05, 4.69) is 61.4 Å². The van der Waals surface area contributed by atoms with E-state index in [1.54, 1.807) is 0 Å². The second kappa shape index (κ2) is 7.20. The molecule has 0 atom stereocenters. The van der Waals surface area contributed by atoms with E-state index in [1.807, 2.05) is 12.3 Å². The fourth-order valence-corrected chi connectivity index (χ4v) is 2.31. The summed E-state index contributed by atoms with van der Waals surface area (Å²) in [5.41, 5.74) is 3.64. The zero-order valence-corrected chi connectivity index (χ0v) is 12.7. The van der Waals surface area contributed by atoms with Crippen molar-refractivity contribution in [2.24, 2.45) is 5.92 Å². The lowest BCUT2D eigenvalue weighted by molar-refractivity contribution is 0.557. The van der Waals surface area contributed by atoms with Crippen molar-refractivity contribution in [3.63, 3.8) is 0 Å². The minimum atomic E-state index is 0.711. The molecule has 0 amide bonds. The maximum Gasteiger partial charge on any atom is 0.0776 e. The Morgan fingerprint density at radius 2 is 2.05 bits per heavy atom. The van der Waals surface area contributed by atoms with E-state index in [-0.39, 0.29) is 0 Å². The molecule has 0 aliphatic rings. The number of pyridine rings is 1. The van der Waals surface area contributed by atoms with E-state index in [0.717, 1.165) is 25.0 Å². The Kier molecular flexibility index (Phi) is 5.31. The first-order valence-electron chi connectivity index (χ1n) is 7.40. The van der Waals surface area contributed by atoms with Crippen molar-refractivity contribution in [3.05, 3.63) is 48.2 Å². The number of hydrogen-bond donors (Lipinski definition) is 1.